The molecule has 5 nitrogen and oxygen atoms in total. The minimum absolute atomic E-state index is 0.140. The van der Waals surface area contributed by atoms with Crippen LogP contribution in [0.3, 0.4) is 0 Å². The van der Waals surface area contributed by atoms with Crippen LogP contribution in [0.5, 0.6) is 5.75 Å². The highest BCUT2D eigenvalue weighted by Gasteiger charge is 2.27. The lowest BCUT2D eigenvalue weighted by atomic mass is 10.3. The van der Waals surface area contributed by atoms with Gasteiger partial charge in [-0.3, -0.25) is 13.9 Å². The number of benzene rings is 1. The number of hydrogen-bond acceptors (Lipinski definition) is 3. The first-order chi connectivity index (χ1) is 10.7. The van der Waals surface area contributed by atoms with Crippen LogP contribution in [-0.4, -0.2) is 24.3 Å². The molecule has 0 fully saturated rings. The third-order valence-electron chi connectivity index (χ3n) is 3.98. The van der Waals surface area contributed by atoms with Gasteiger partial charge >= 0.3 is 5.69 Å². The molecule has 0 saturated heterocycles. The van der Waals surface area contributed by atoms with E-state index in [9.17, 15) is 9.59 Å². The first kappa shape index (κ1) is 17.3. The summed E-state index contributed by atoms with van der Waals surface area (Å²) in [5.41, 5.74) is 1.06. The van der Waals surface area contributed by atoms with E-state index in [4.69, 9.17) is 4.74 Å². The quantitative estimate of drug-likeness (QED) is 0.803. The first-order valence-electron chi connectivity index (χ1n) is 7.73. The van der Waals surface area contributed by atoms with Crippen LogP contribution in [0.2, 0.25) is 19.6 Å². The fraction of sp³-hybridized carbons (Fsp3) is 0.412. The van der Waals surface area contributed by atoms with E-state index in [1.54, 1.807) is 11.7 Å². The molecule has 1 heterocycles. The highest BCUT2D eigenvalue weighted by molar-refractivity contribution is 6.88. The zero-order valence-corrected chi connectivity index (χ0v) is 15.6. The van der Waals surface area contributed by atoms with E-state index in [2.05, 4.69) is 19.6 Å². The maximum atomic E-state index is 12.8. The SMILES string of the molecule is CCn1c(=O)c([Si](C)(C)C)c(C)n(-c2ccc(OC)cc2)c1=O. The van der Waals surface area contributed by atoms with Crippen molar-refractivity contribution in [3.8, 4) is 11.4 Å². The maximum Gasteiger partial charge on any atom is 0.335 e. The van der Waals surface area contributed by atoms with Gasteiger partial charge in [0, 0.05) is 17.4 Å². The van der Waals surface area contributed by atoms with Crippen molar-refractivity contribution in [2.75, 3.05) is 7.11 Å². The lowest BCUT2D eigenvalue weighted by Crippen LogP contribution is -2.58. The average Bonchev–Trinajstić information content (AvgIpc) is 2.46. The molecule has 2 rings (SSSR count). The Balaban J connectivity index is 2.87. The highest BCUT2D eigenvalue weighted by atomic mass is 28.3. The summed E-state index contributed by atoms with van der Waals surface area (Å²) in [5, 5.41) is 0.801. The van der Waals surface area contributed by atoms with E-state index < -0.39 is 8.07 Å². The van der Waals surface area contributed by atoms with Gasteiger partial charge in [0.15, 0.2) is 0 Å². The number of nitrogens with zero attached hydrogens (tertiary/aromatic N) is 2. The number of methoxy groups -OCH3 is 1. The average molecular weight is 332 g/mol. The number of aromatic nitrogens is 2. The zero-order chi connectivity index (χ0) is 17.4. The molecule has 1 aromatic heterocycles. The van der Waals surface area contributed by atoms with E-state index in [0.29, 0.717) is 6.54 Å². The summed E-state index contributed by atoms with van der Waals surface area (Å²) in [7, 11) is -0.289. The second kappa shape index (κ2) is 6.20. The van der Waals surface area contributed by atoms with Crippen LogP contribution in [0, 0.1) is 6.92 Å². The van der Waals surface area contributed by atoms with Gasteiger partial charge in [0.25, 0.3) is 5.56 Å². The molecule has 0 N–H and O–H groups in total. The Morgan fingerprint density at radius 1 is 1.09 bits per heavy atom. The number of rotatable bonds is 4. The van der Waals surface area contributed by atoms with Gasteiger partial charge in [0.2, 0.25) is 0 Å². The normalized spacial score (nSPS) is 11.6. The molecule has 6 heteroatoms. The largest absolute Gasteiger partial charge is 0.497 e. The monoisotopic (exact) mass is 332 g/mol. The molecule has 0 amide bonds. The van der Waals surface area contributed by atoms with Crippen LogP contribution < -0.4 is 21.2 Å². The molecular formula is C17H24N2O3Si. The summed E-state index contributed by atoms with van der Waals surface area (Å²) in [6, 6.07) is 7.31. The summed E-state index contributed by atoms with van der Waals surface area (Å²) in [5.74, 6) is 0.730. The van der Waals surface area contributed by atoms with Crippen molar-refractivity contribution in [2.45, 2.75) is 40.0 Å². The predicted molar refractivity (Wildman–Crippen MR) is 96.2 cm³/mol. The Hall–Kier alpha value is -2.08. The van der Waals surface area contributed by atoms with Crippen molar-refractivity contribution in [3.05, 3.63) is 50.8 Å². The topological polar surface area (TPSA) is 53.2 Å². The smallest absolute Gasteiger partial charge is 0.335 e. The molecule has 0 saturated carbocycles. The van der Waals surface area contributed by atoms with Gasteiger partial charge in [0.1, 0.15) is 5.75 Å². The van der Waals surface area contributed by atoms with Gasteiger partial charge in [-0.05, 0) is 38.1 Å². The first-order valence-corrected chi connectivity index (χ1v) is 11.2. The van der Waals surface area contributed by atoms with E-state index >= 15 is 0 Å². The second-order valence-electron chi connectivity index (χ2n) is 6.58. The molecule has 2 aromatic rings. The molecule has 0 spiro atoms. The summed E-state index contributed by atoms with van der Waals surface area (Å²) < 4.78 is 8.13. The molecule has 1 aromatic carbocycles. The summed E-state index contributed by atoms with van der Waals surface area (Å²) in [6.07, 6.45) is 0. The third kappa shape index (κ3) is 3.03. The van der Waals surface area contributed by atoms with Gasteiger partial charge in [-0.25, -0.2) is 4.79 Å². The van der Waals surface area contributed by atoms with Crippen LogP contribution in [0.1, 0.15) is 12.6 Å². The van der Waals surface area contributed by atoms with Crippen LogP contribution in [0.4, 0.5) is 0 Å². The maximum absolute atomic E-state index is 12.8. The van der Waals surface area contributed by atoms with Gasteiger partial charge in [-0.15, -0.1) is 0 Å². The van der Waals surface area contributed by atoms with Crippen molar-refractivity contribution >= 4 is 13.3 Å². The molecule has 0 aliphatic carbocycles. The van der Waals surface area contributed by atoms with Crippen LogP contribution >= 0.6 is 0 Å². The molecule has 0 aliphatic heterocycles. The Morgan fingerprint density at radius 3 is 2.09 bits per heavy atom. The number of ether oxygens (including phenoxy) is 1. The van der Waals surface area contributed by atoms with Crippen molar-refractivity contribution in [1.29, 1.82) is 0 Å². The molecule has 23 heavy (non-hydrogen) atoms. The lowest BCUT2D eigenvalue weighted by molar-refractivity contribution is 0.414. The lowest BCUT2D eigenvalue weighted by Gasteiger charge is -2.23. The zero-order valence-electron chi connectivity index (χ0n) is 14.6. The second-order valence-corrected chi connectivity index (χ2v) is 11.6. The molecule has 0 radical (unpaired) electrons. The van der Waals surface area contributed by atoms with Crippen LogP contribution in [-0.2, 0) is 6.54 Å². The van der Waals surface area contributed by atoms with Crippen molar-refractivity contribution in [3.63, 3.8) is 0 Å². The molecular weight excluding hydrogens is 308 g/mol. The number of hydrogen-bond donors (Lipinski definition) is 0. The summed E-state index contributed by atoms with van der Waals surface area (Å²) in [4.78, 5) is 25.5. The Labute approximate surface area is 137 Å². The van der Waals surface area contributed by atoms with E-state index in [1.807, 2.05) is 38.1 Å². The molecule has 0 bridgehead atoms. The minimum Gasteiger partial charge on any atom is -0.497 e. The Kier molecular flexibility index (Phi) is 4.65. The van der Waals surface area contributed by atoms with Crippen molar-refractivity contribution in [1.82, 2.24) is 9.13 Å². The standard InChI is InChI=1S/C17H24N2O3Si/c1-7-18-16(20)15(23(4,5)6)12(2)19(17(18)21)13-8-10-14(22-3)11-9-13/h8-11H,7H2,1-6H3. The van der Waals surface area contributed by atoms with Crippen LogP contribution in [0.25, 0.3) is 5.69 Å². The third-order valence-corrected chi connectivity index (χ3v) is 6.05. The molecule has 124 valence electrons. The molecule has 0 unspecified atom stereocenters. The van der Waals surface area contributed by atoms with E-state index in [1.165, 1.54) is 4.57 Å². The van der Waals surface area contributed by atoms with Gasteiger partial charge in [0.05, 0.1) is 20.9 Å². The minimum atomic E-state index is -1.89. The Bertz CT molecular complexity index is 827. The fourth-order valence-electron chi connectivity index (χ4n) is 2.93. The summed E-state index contributed by atoms with van der Waals surface area (Å²) in [6.45, 7) is 10.4. The Morgan fingerprint density at radius 2 is 1.65 bits per heavy atom. The van der Waals surface area contributed by atoms with E-state index in [0.717, 1.165) is 22.3 Å². The van der Waals surface area contributed by atoms with Crippen LogP contribution in [0.15, 0.2) is 33.9 Å². The fourth-order valence-corrected chi connectivity index (χ4v) is 4.90. The van der Waals surface area contributed by atoms with Crippen molar-refractivity contribution < 1.29 is 4.74 Å². The summed E-state index contributed by atoms with van der Waals surface area (Å²) >= 11 is 0. The van der Waals surface area contributed by atoms with Crippen molar-refractivity contribution in [2.24, 2.45) is 0 Å². The molecule has 0 aliphatic rings. The van der Waals surface area contributed by atoms with Gasteiger partial charge in [-0.2, -0.15) is 0 Å². The predicted octanol–water partition coefficient (Wildman–Crippen LogP) is 1.88. The van der Waals surface area contributed by atoms with E-state index in [-0.39, 0.29) is 11.2 Å². The van der Waals surface area contributed by atoms with Gasteiger partial charge in [-0.1, -0.05) is 19.6 Å². The highest BCUT2D eigenvalue weighted by Crippen LogP contribution is 2.15. The van der Waals surface area contributed by atoms with Gasteiger partial charge < -0.3 is 4.74 Å². The molecule has 0 atom stereocenters.